The lowest BCUT2D eigenvalue weighted by Gasteiger charge is -2.25. The molecule has 1 atom stereocenters. The third kappa shape index (κ3) is 3.71. The second-order valence-electron chi connectivity index (χ2n) is 8.01. The van der Waals surface area contributed by atoms with Gasteiger partial charge in [-0.15, -0.1) is 0 Å². The van der Waals surface area contributed by atoms with Gasteiger partial charge in [-0.25, -0.2) is 0 Å². The average Bonchev–Trinajstić information content (AvgIpc) is 3.56. The van der Waals surface area contributed by atoms with Crippen LogP contribution in [-0.2, 0) is 4.79 Å². The number of carbonyl (C=O) groups is 1. The number of fused-ring (bicyclic) bond motifs is 1. The molecule has 1 saturated heterocycles. The van der Waals surface area contributed by atoms with E-state index in [1.165, 1.54) is 13.2 Å². The van der Waals surface area contributed by atoms with Gasteiger partial charge in [-0.1, -0.05) is 23.7 Å². The second-order valence-corrected chi connectivity index (χ2v) is 8.41. The summed E-state index contributed by atoms with van der Waals surface area (Å²) in [6, 6.07) is 12.9. The van der Waals surface area contributed by atoms with Crippen LogP contribution < -0.4 is 15.0 Å². The molecular weight excluding hydrogens is 446 g/mol. The number of benzene rings is 2. The van der Waals surface area contributed by atoms with Gasteiger partial charge >= 0.3 is 0 Å². The standard InChI is InChI=1S/C24H22ClN3O5/c1-32-21-11-20(33-27-21)23(30)22-17-9-16(18(25)10-19(17)26-24(22)31)13-4-6-14(7-5-13)28-8-2-3-15(28)12-29/h4-7,9-11,15,29-30H,2-3,8,12H2,1H3,(H,26,31)/b23-22+/t15-/m1/s1. The van der Waals surface area contributed by atoms with Gasteiger partial charge in [-0.05, 0) is 47.8 Å². The SMILES string of the molecule is COc1cc(/C(O)=C2\C(=O)Nc3cc(Cl)c(-c4ccc(N5CCC[C@@H]5CO)cc4)cc32)on1. The van der Waals surface area contributed by atoms with Gasteiger partial charge in [-0.3, -0.25) is 4.79 Å². The highest BCUT2D eigenvalue weighted by atomic mass is 35.5. The number of nitrogens with one attached hydrogen (secondary N) is 1. The minimum atomic E-state index is -0.467. The van der Waals surface area contributed by atoms with Crippen LogP contribution in [0.25, 0.3) is 22.5 Å². The summed E-state index contributed by atoms with van der Waals surface area (Å²) in [5.41, 5.74) is 3.71. The predicted octanol–water partition coefficient (Wildman–Crippen LogP) is 4.34. The van der Waals surface area contributed by atoms with Crippen molar-refractivity contribution in [2.45, 2.75) is 18.9 Å². The molecule has 0 spiro atoms. The number of nitrogens with zero attached hydrogens (tertiary/aromatic N) is 2. The minimum absolute atomic E-state index is 0.0229. The van der Waals surface area contributed by atoms with E-state index in [1.807, 2.05) is 24.3 Å². The van der Waals surface area contributed by atoms with Gasteiger partial charge in [-0.2, -0.15) is 0 Å². The lowest BCUT2D eigenvalue weighted by atomic mass is 9.98. The molecule has 2 aromatic carbocycles. The van der Waals surface area contributed by atoms with Crippen molar-refractivity contribution < 1.29 is 24.3 Å². The summed E-state index contributed by atoms with van der Waals surface area (Å²) < 4.78 is 10.1. The molecule has 5 rings (SSSR count). The van der Waals surface area contributed by atoms with Crippen molar-refractivity contribution in [1.29, 1.82) is 0 Å². The molecule has 3 N–H and O–H groups in total. The Morgan fingerprint density at radius 3 is 2.76 bits per heavy atom. The van der Waals surface area contributed by atoms with Crippen molar-refractivity contribution in [2.75, 3.05) is 30.5 Å². The highest BCUT2D eigenvalue weighted by molar-refractivity contribution is 6.38. The maximum Gasteiger partial charge on any atom is 0.260 e. The lowest BCUT2D eigenvalue weighted by Crippen LogP contribution is -2.31. The predicted molar refractivity (Wildman–Crippen MR) is 125 cm³/mol. The van der Waals surface area contributed by atoms with Crippen molar-refractivity contribution in [2.24, 2.45) is 0 Å². The Morgan fingerprint density at radius 2 is 2.06 bits per heavy atom. The number of aromatic nitrogens is 1. The summed E-state index contributed by atoms with van der Waals surface area (Å²) in [5, 5.41) is 27.2. The first kappa shape index (κ1) is 21.4. The molecule has 1 fully saturated rings. The van der Waals surface area contributed by atoms with Crippen LogP contribution in [0.5, 0.6) is 5.88 Å². The van der Waals surface area contributed by atoms with Crippen LogP contribution in [0.1, 0.15) is 24.2 Å². The highest BCUT2D eigenvalue weighted by Crippen LogP contribution is 2.42. The van der Waals surface area contributed by atoms with Gasteiger partial charge in [0.25, 0.3) is 11.8 Å². The Kier molecular flexibility index (Phi) is 5.47. The topological polar surface area (TPSA) is 108 Å². The largest absolute Gasteiger partial charge is 0.504 e. The summed E-state index contributed by atoms with van der Waals surface area (Å²) >= 11 is 6.55. The van der Waals surface area contributed by atoms with Crippen molar-refractivity contribution in [3.63, 3.8) is 0 Å². The number of hydrogen-bond acceptors (Lipinski definition) is 7. The maximum absolute atomic E-state index is 12.6. The highest BCUT2D eigenvalue weighted by Gasteiger charge is 2.31. The smallest absolute Gasteiger partial charge is 0.260 e. The van der Waals surface area contributed by atoms with Crippen molar-refractivity contribution in [1.82, 2.24) is 5.16 Å². The van der Waals surface area contributed by atoms with Crippen LogP contribution in [-0.4, -0.2) is 47.6 Å². The van der Waals surface area contributed by atoms with E-state index in [0.717, 1.165) is 36.2 Å². The van der Waals surface area contributed by atoms with E-state index in [0.29, 0.717) is 16.3 Å². The molecule has 0 radical (unpaired) electrons. The number of rotatable bonds is 5. The summed E-state index contributed by atoms with van der Waals surface area (Å²) in [6.45, 7) is 1.05. The van der Waals surface area contributed by atoms with Crippen LogP contribution in [0.3, 0.4) is 0 Å². The van der Waals surface area contributed by atoms with E-state index < -0.39 is 5.91 Å². The van der Waals surface area contributed by atoms with Gasteiger partial charge in [0.1, 0.15) is 0 Å². The van der Waals surface area contributed by atoms with Crippen LogP contribution in [0, 0.1) is 0 Å². The molecule has 3 aromatic rings. The number of aliphatic hydroxyl groups excluding tert-OH is 2. The number of halogens is 1. The fourth-order valence-corrected chi connectivity index (χ4v) is 4.71. The van der Waals surface area contributed by atoms with E-state index >= 15 is 0 Å². The van der Waals surface area contributed by atoms with Crippen LogP contribution in [0.15, 0.2) is 47.0 Å². The van der Waals surface area contributed by atoms with Crippen molar-refractivity contribution in [3.8, 4) is 17.0 Å². The third-order valence-electron chi connectivity index (χ3n) is 6.12. The molecular formula is C24H22ClN3O5. The maximum atomic E-state index is 12.6. The third-order valence-corrected chi connectivity index (χ3v) is 6.43. The molecule has 170 valence electrons. The summed E-state index contributed by atoms with van der Waals surface area (Å²) in [4.78, 5) is 14.9. The first-order valence-corrected chi connectivity index (χ1v) is 11.0. The van der Waals surface area contributed by atoms with Crippen LogP contribution in [0.2, 0.25) is 5.02 Å². The van der Waals surface area contributed by atoms with E-state index in [9.17, 15) is 15.0 Å². The molecule has 3 heterocycles. The summed E-state index contributed by atoms with van der Waals surface area (Å²) in [5.74, 6) is -0.593. The van der Waals surface area contributed by atoms with Gasteiger partial charge in [0, 0.05) is 23.4 Å². The van der Waals surface area contributed by atoms with Gasteiger partial charge in [0.15, 0.2) is 5.76 Å². The zero-order valence-electron chi connectivity index (χ0n) is 17.8. The minimum Gasteiger partial charge on any atom is -0.504 e. The zero-order chi connectivity index (χ0) is 23.1. The van der Waals surface area contributed by atoms with Crippen LogP contribution in [0.4, 0.5) is 11.4 Å². The Morgan fingerprint density at radius 1 is 1.27 bits per heavy atom. The number of amides is 1. The second kappa shape index (κ2) is 8.46. The van der Waals surface area contributed by atoms with Gasteiger partial charge < -0.3 is 29.7 Å². The quantitative estimate of drug-likeness (QED) is 0.378. The van der Waals surface area contributed by atoms with E-state index in [1.54, 1.807) is 12.1 Å². The molecule has 0 aliphatic carbocycles. The molecule has 8 nitrogen and oxygen atoms in total. The Labute approximate surface area is 195 Å². The fraction of sp³-hybridized carbons (Fsp3) is 0.250. The first-order valence-electron chi connectivity index (χ1n) is 10.6. The Bertz CT molecular complexity index is 1250. The van der Waals surface area contributed by atoms with E-state index in [2.05, 4.69) is 15.4 Å². The molecule has 0 unspecified atom stereocenters. The van der Waals surface area contributed by atoms with Crippen LogP contribution >= 0.6 is 11.6 Å². The number of carbonyl (C=O) groups excluding carboxylic acids is 1. The van der Waals surface area contributed by atoms with Gasteiger partial charge in [0.2, 0.25) is 5.76 Å². The molecule has 0 bridgehead atoms. The molecule has 0 saturated carbocycles. The zero-order valence-corrected chi connectivity index (χ0v) is 18.6. The Balaban J connectivity index is 1.53. The average molecular weight is 468 g/mol. The van der Waals surface area contributed by atoms with E-state index in [-0.39, 0.29) is 35.6 Å². The van der Waals surface area contributed by atoms with Crippen molar-refractivity contribution >= 4 is 40.2 Å². The summed E-state index contributed by atoms with van der Waals surface area (Å²) in [6.07, 6.45) is 2.03. The van der Waals surface area contributed by atoms with Gasteiger partial charge in [0.05, 0.1) is 42.1 Å². The molecule has 1 aromatic heterocycles. The summed E-state index contributed by atoms with van der Waals surface area (Å²) in [7, 11) is 1.43. The normalized spacial score (nSPS) is 18.9. The molecule has 1 amide bonds. The van der Waals surface area contributed by atoms with Crippen molar-refractivity contribution in [3.05, 3.63) is 58.8 Å². The number of ether oxygens (including phenoxy) is 1. The lowest BCUT2D eigenvalue weighted by molar-refractivity contribution is -0.110. The molecule has 2 aliphatic rings. The molecule has 2 aliphatic heterocycles. The fourth-order valence-electron chi connectivity index (χ4n) is 4.43. The number of methoxy groups -OCH3 is 1. The molecule has 33 heavy (non-hydrogen) atoms. The van der Waals surface area contributed by atoms with E-state index in [4.69, 9.17) is 20.9 Å². The Hall–Kier alpha value is -3.49. The number of aliphatic hydroxyl groups is 2. The first-order chi connectivity index (χ1) is 16.0. The monoisotopic (exact) mass is 467 g/mol. The number of anilines is 2. The number of hydrogen-bond donors (Lipinski definition) is 3. The molecule has 9 heteroatoms.